The van der Waals surface area contributed by atoms with Crippen molar-refractivity contribution in [1.29, 1.82) is 0 Å². The number of carboxylic acids is 1. The van der Waals surface area contributed by atoms with E-state index in [1.807, 2.05) is 0 Å². The molecule has 0 atom stereocenters. The zero-order valence-corrected chi connectivity index (χ0v) is 12.5. The van der Waals surface area contributed by atoms with Crippen molar-refractivity contribution in [3.8, 4) is 0 Å². The summed E-state index contributed by atoms with van der Waals surface area (Å²) in [7, 11) is -3.94. The van der Waals surface area contributed by atoms with Gasteiger partial charge >= 0.3 is 5.97 Å². The zero-order valence-electron chi connectivity index (χ0n) is 10.8. The van der Waals surface area contributed by atoms with E-state index >= 15 is 0 Å². The number of carbonyl (C=O) groups is 1. The lowest BCUT2D eigenvalue weighted by molar-refractivity contribution is 0.0691. The highest BCUT2D eigenvalue weighted by molar-refractivity contribution is 7.89. The summed E-state index contributed by atoms with van der Waals surface area (Å²) in [6, 6.07) is 2.60. The minimum atomic E-state index is -3.94. The van der Waals surface area contributed by atoms with Gasteiger partial charge in [0.1, 0.15) is 5.82 Å². The van der Waals surface area contributed by atoms with Crippen LogP contribution in [0, 0.1) is 12.7 Å². The van der Waals surface area contributed by atoms with Crippen molar-refractivity contribution in [3.63, 3.8) is 0 Å². The lowest BCUT2D eigenvalue weighted by atomic mass is 10.2. The molecule has 0 amide bonds. The van der Waals surface area contributed by atoms with E-state index in [1.165, 1.54) is 11.3 Å². The largest absolute Gasteiger partial charge is 0.478 e. The summed E-state index contributed by atoms with van der Waals surface area (Å²) in [4.78, 5) is 14.6. The van der Waals surface area contributed by atoms with Crippen LogP contribution >= 0.6 is 11.3 Å². The smallest absolute Gasteiger partial charge is 0.338 e. The summed E-state index contributed by atoms with van der Waals surface area (Å²) in [6.45, 7) is 1.77. The highest BCUT2D eigenvalue weighted by Gasteiger charge is 2.19. The van der Waals surface area contributed by atoms with Crippen molar-refractivity contribution < 1.29 is 22.7 Å². The first-order valence-corrected chi connectivity index (χ1v) is 8.09. The maximum Gasteiger partial charge on any atom is 0.338 e. The van der Waals surface area contributed by atoms with Crippen molar-refractivity contribution in [2.45, 2.75) is 18.4 Å². The van der Waals surface area contributed by atoms with E-state index in [0.29, 0.717) is 5.69 Å². The molecule has 2 N–H and O–H groups in total. The van der Waals surface area contributed by atoms with Crippen LogP contribution in [0.15, 0.2) is 28.5 Å². The number of halogens is 1. The van der Waals surface area contributed by atoms with E-state index in [2.05, 4.69) is 9.71 Å². The lowest BCUT2D eigenvalue weighted by Crippen LogP contribution is -2.23. The Morgan fingerprint density at radius 1 is 1.48 bits per heavy atom. The molecule has 0 fully saturated rings. The molecule has 0 bridgehead atoms. The fraction of sp³-hybridized carbons (Fsp3) is 0.167. The van der Waals surface area contributed by atoms with Gasteiger partial charge in [-0.3, -0.25) is 0 Å². The Morgan fingerprint density at radius 3 is 2.76 bits per heavy atom. The summed E-state index contributed by atoms with van der Waals surface area (Å²) in [5, 5.41) is 11.3. The molecule has 6 nitrogen and oxygen atoms in total. The lowest BCUT2D eigenvalue weighted by Gasteiger charge is -2.06. The SMILES string of the molecule is Cc1nc(CNS(=O)(=O)c2ccc(F)c(C(=O)O)c2)cs1. The Kier molecular flexibility index (Phi) is 4.35. The first-order valence-electron chi connectivity index (χ1n) is 5.73. The monoisotopic (exact) mass is 330 g/mol. The van der Waals surface area contributed by atoms with Crippen LogP contribution in [-0.2, 0) is 16.6 Å². The van der Waals surface area contributed by atoms with Crippen molar-refractivity contribution in [1.82, 2.24) is 9.71 Å². The van der Waals surface area contributed by atoms with Gasteiger partial charge in [0.2, 0.25) is 10.0 Å². The molecular weight excluding hydrogens is 319 g/mol. The molecule has 0 saturated carbocycles. The van der Waals surface area contributed by atoms with Crippen LogP contribution in [0.1, 0.15) is 21.1 Å². The molecule has 0 aliphatic heterocycles. The molecule has 9 heteroatoms. The molecule has 0 unspecified atom stereocenters. The van der Waals surface area contributed by atoms with Crippen LogP contribution in [0.25, 0.3) is 0 Å². The van der Waals surface area contributed by atoms with Crippen molar-refractivity contribution in [2.24, 2.45) is 0 Å². The zero-order chi connectivity index (χ0) is 15.6. The van der Waals surface area contributed by atoms with Gasteiger partial charge in [0.25, 0.3) is 0 Å². The summed E-state index contributed by atoms with van der Waals surface area (Å²) in [5.74, 6) is -2.52. The molecule has 0 aliphatic rings. The fourth-order valence-electron chi connectivity index (χ4n) is 1.58. The van der Waals surface area contributed by atoms with Crippen molar-refractivity contribution in [2.75, 3.05) is 0 Å². The Labute approximate surface area is 124 Å². The van der Waals surface area contributed by atoms with Gasteiger partial charge in [0, 0.05) is 5.38 Å². The van der Waals surface area contributed by atoms with Crippen LogP contribution in [0.3, 0.4) is 0 Å². The van der Waals surface area contributed by atoms with E-state index in [0.717, 1.165) is 23.2 Å². The number of nitrogens with one attached hydrogen (secondary N) is 1. The second kappa shape index (κ2) is 5.88. The Hall–Kier alpha value is -1.84. The van der Waals surface area contributed by atoms with Gasteiger partial charge in [-0.2, -0.15) is 0 Å². The van der Waals surface area contributed by atoms with Crippen LogP contribution in [0.4, 0.5) is 4.39 Å². The summed E-state index contributed by atoms with van der Waals surface area (Å²) in [6.07, 6.45) is 0. The number of thiazole rings is 1. The fourth-order valence-corrected chi connectivity index (χ4v) is 3.21. The number of nitrogens with zero attached hydrogens (tertiary/aromatic N) is 1. The molecule has 2 aromatic rings. The van der Waals surface area contributed by atoms with Gasteiger partial charge in [-0.25, -0.2) is 27.3 Å². The Morgan fingerprint density at radius 2 is 2.19 bits per heavy atom. The molecule has 1 aromatic carbocycles. The van der Waals surface area contributed by atoms with E-state index in [-0.39, 0.29) is 11.4 Å². The van der Waals surface area contributed by atoms with E-state index in [9.17, 15) is 17.6 Å². The van der Waals surface area contributed by atoms with Crippen LogP contribution < -0.4 is 4.72 Å². The highest BCUT2D eigenvalue weighted by Crippen LogP contribution is 2.16. The molecule has 0 spiro atoms. The number of hydrogen-bond donors (Lipinski definition) is 2. The summed E-state index contributed by atoms with van der Waals surface area (Å²) in [5.41, 5.74) is -0.135. The van der Waals surface area contributed by atoms with Crippen molar-refractivity contribution in [3.05, 3.63) is 45.7 Å². The van der Waals surface area contributed by atoms with Gasteiger partial charge in [0.05, 0.1) is 27.7 Å². The average Bonchev–Trinajstić information content (AvgIpc) is 2.82. The number of aromatic nitrogens is 1. The third-order valence-electron chi connectivity index (χ3n) is 2.59. The van der Waals surface area contributed by atoms with E-state index < -0.39 is 27.4 Å². The Bertz CT molecular complexity index is 786. The molecule has 2 rings (SSSR count). The molecule has 112 valence electrons. The van der Waals surface area contributed by atoms with Crippen LogP contribution in [-0.4, -0.2) is 24.5 Å². The van der Waals surface area contributed by atoms with Gasteiger partial charge in [-0.15, -0.1) is 11.3 Å². The second-order valence-electron chi connectivity index (χ2n) is 4.13. The first-order chi connectivity index (χ1) is 9.79. The summed E-state index contributed by atoms with van der Waals surface area (Å²) < 4.78 is 39.6. The number of benzene rings is 1. The third-order valence-corrected chi connectivity index (χ3v) is 4.81. The van der Waals surface area contributed by atoms with Crippen LogP contribution in [0.2, 0.25) is 0 Å². The minimum Gasteiger partial charge on any atom is -0.478 e. The standard InChI is InChI=1S/C12H11FN2O4S2/c1-7-15-8(6-20-7)5-14-21(18,19)9-2-3-11(13)10(4-9)12(16)17/h2-4,6,14H,5H2,1H3,(H,16,17). The van der Waals surface area contributed by atoms with Crippen molar-refractivity contribution >= 4 is 27.3 Å². The van der Waals surface area contributed by atoms with E-state index in [1.54, 1.807) is 12.3 Å². The molecule has 0 aliphatic carbocycles. The summed E-state index contributed by atoms with van der Waals surface area (Å²) >= 11 is 1.39. The molecule has 0 saturated heterocycles. The minimum absolute atomic E-state index is 0.0214. The van der Waals surface area contributed by atoms with Crippen LogP contribution in [0.5, 0.6) is 0 Å². The molecular formula is C12H11FN2O4S2. The topological polar surface area (TPSA) is 96.4 Å². The normalized spacial score (nSPS) is 11.5. The number of hydrogen-bond acceptors (Lipinski definition) is 5. The van der Waals surface area contributed by atoms with Gasteiger partial charge in [-0.05, 0) is 25.1 Å². The van der Waals surface area contributed by atoms with Gasteiger partial charge < -0.3 is 5.11 Å². The quantitative estimate of drug-likeness (QED) is 0.871. The average molecular weight is 330 g/mol. The second-order valence-corrected chi connectivity index (χ2v) is 6.96. The first kappa shape index (κ1) is 15.5. The number of carboxylic acid groups (broad SMARTS) is 1. The number of rotatable bonds is 5. The highest BCUT2D eigenvalue weighted by atomic mass is 32.2. The number of aryl methyl sites for hydroxylation is 1. The van der Waals surface area contributed by atoms with Gasteiger partial charge in [-0.1, -0.05) is 0 Å². The number of aromatic carboxylic acids is 1. The molecule has 0 radical (unpaired) electrons. The third kappa shape index (κ3) is 3.63. The maximum absolute atomic E-state index is 13.3. The predicted molar refractivity (Wildman–Crippen MR) is 74.2 cm³/mol. The van der Waals surface area contributed by atoms with Gasteiger partial charge in [0.15, 0.2) is 0 Å². The molecule has 1 heterocycles. The Balaban J connectivity index is 2.23. The molecule has 21 heavy (non-hydrogen) atoms. The molecule has 1 aromatic heterocycles. The number of sulfonamides is 1. The maximum atomic E-state index is 13.3. The predicted octanol–water partition coefficient (Wildman–Crippen LogP) is 1.77. The van der Waals surface area contributed by atoms with E-state index in [4.69, 9.17) is 5.11 Å².